The predicted molar refractivity (Wildman–Crippen MR) is 71.1 cm³/mol. The average Bonchev–Trinajstić information content (AvgIpc) is 2.37. The van der Waals surface area contributed by atoms with Crippen LogP contribution < -0.4 is 14.8 Å². The van der Waals surface area contributed by atoms with Crippen LogP contribution in [0.2, 0.25) is 0 Å². The summed E-state index contributed by atoms with van der Waals surface area (Å²) in [5.74, 6) is 1.59. The van der Waals surface area contributed by atoms with Crippen LogP contribution in [0.3, 0.4) is 0 Å². The molecule has 1 aromatic carbocycles. The molecule has 0 aliphatic rings. The molecule has 1 rings (SSSR count). The first-order chi connectivity index (χ1) is 8.71. The standard InChI is InChI=1S/C14H23NO3/c1-5-18-14-8-12(6-7-13(14)17-4)9-15-11(2)10-16-3/h6-8,11,15H,5,9-10H2,1-4H3/p+1/t11-/m1/s1. The van der Waals surface area contributed by atoms with Crippen molar-refractivity contribution >= 4 is 0 Å². The smallest absolute Gasteiger partial charge is 0.161 e. The fourth-order valence-electron chi connectivity index (χ4n) is 1.78. The van der Waals surface area contributed by atoms with Crippen LogP contribution in [0.5, 0.6) is 11.5 Å². The Labute approximate surface area is 109 Å². The number of quaternary nitrogens is 1. The van der Waals surface area contributed by atoms with E-state index in [1.165, 1.54) is 5.56 Å². The molecule has 0 saturated heterocycles. The molecule has 0 unspecified atom stereocenters. The third-order valence-electron chi connectivity index (χ3n) is 2.71. The van der Waals surface area contributed by atoms with E-state index in [1.54, 1.807) is 14.2 Å². The van der Waals surface area contributed by atoms with Crippen molar-refractivity contribution in [2.45, 2.75) is 26.4 Å². The molecule has 1 aromatic rings. The summed E-state index contributed by atoms with van der Waals surface area (Å²) in [5, 5.41) is 2.25. The SMILES string of the molecule is CCOc1cc(C[NH2+][C@H](C)COC)ccc1OC. The van der Waals surface area contributed by atoms with Gasteiger partial charge in [0.2, 0.25) is 0 Å². The fourth-order valence-corrected chi connectivity index (χ4v) is 1.78. The number of ether oxygens (including phenoxy) is 3. The second kappa shape index (κ2) is 7.95. The Morgan fingerprint density at radius 1 is 1.22 bits per heavy atom. The summed E-state index contributed by atoms with van der Waals surface area (Å²) in [6, 6.07) is 6.51. The summed E-state index contributed by atoms with van der Waals surface area (Å²) >= 11 is 0. The zero-order chi connectivity index (χ0) is 13.4. The van der Waals surface area contributed by atoms with Crippen molar-refractivity contribution in [2.75, 3.05) is 27.4 Å². The number of rotatable bonds is 8. The molecule has 0 saturated carbocycles. The summed E-state index contributed by atoms with van der Waals surface area (Å²) < 4.78 is 15.9. The Bertz CT molecular complexity index is 355. The van der Waals surface area contributed by atoms with E-state index in [0.29, 0.717) is 12.6 Å². The van der Waals surface area contributed by atoms with E-state index >= 15 is 0 Å². The zero-order valence-electron chi connectivity index (χ0n) is 11.7. The molecule has 4 nitrogen and oxygen atoms in total. The molecule has 0 spiro atoms. The van der Waals surface area contributed by atoms with Crippen LogP contribution in [-0.2, 0) is 11.3 Å². The zero-order valence-corrected chi connectivity index (χ0v) is 11.7. The van der Waals surface area contributed by atoms with E-state index < -0.39 is 0 Å². The van der Waals surface area contributed by atoms with Crippen molar-refractivity contribution < 1.29 is 19.5 Å². The Morgan fingerprint density at radius 3 is 2.61 bits per heavy atom. The van der Waals surface area contributed by atoms with Crippen LogP contribution in [0.15, 0.2) is 18.2 Å². The van der Waals surface area contributed by atoms with Crippen molar-refractivity contribution in [3.8, 4) is 11.5 Å². The average molecular weight is 254 g/mol. The summed E-state index contributed by atoms with van der Waals surface area (Å²) in [6.07, 6.45) is 0. The van der Waals surface area contributed by atoms with Crippen LogP contribution in [0.25, 0.3) is 0 Å². The minimum absolute atomic E-state index is 0.452. The lowest BCUT2D eigenvalue weighted by Gasteiger charge is -2.12. The first kappa shape index (κ1) is 14.8. The topological polar surface area (TPSA) is 44.3 Å². The maximum absolute atomic E-state index is 5.56. The summed E-state index contributed by atoms with van der Waals surface area (Å²) in [7, 11) is 3.38. The number of hydrogen-bond acceptors (Lipinski definition) is 3. The van der Waals surface area contributed by atoms with Crippen molar-refractivity contribution in [3.63, 3.8) is 0 Å². The Morgan fingerprint density at radius 2 is 2.00 bits per heavy atom. The van der Waals surface area contributed by atoms with Crippen LogP contribution in [-0.4, -0.2) is 33.5 Å². The van der Waals surface area contributed by atoms with Gasteiger partial charge in [0.1, 0.15) is 12.6 Å². The second-order valence-corrected chi connectivity index (χ2v) is 4.29. The van der Waals surface area contributed by atoms with Gasteiger partial charge < -0.3 is 19.5 Å². The number of methoxy groups -OCH3 is 2. The van der Waals surface area contributed by atoms with Crippen LogP contribution in [0.4, 0.5) is 0 Å². The van der Waals surface area contributed by atoms with Gasteiger partial charge in [-0.1, -0.05) is 0 Å². The van der Waals surface area contributed by atoms with E-state index in [1.807, 2.05) is 19.1 Å². The molecule has 0 heterocycles. The van der Waals surface area contributed by atoms with E-state index in [0.717, 1.165) is 24.7 Å². The lowest BCUT2D eigenvalue weighted by molar-refractivity contribution is -0.702. The summed E-state index contributed by atoms with van der Waals surface area (Å²) in [4.78, 5) is 0. The highest BCUT2D eigenvalue weighted by molar-refractivity contribution is 5.42. The van der Waals surface area contributed by atoms with E-state index in [-0.39, 0.29) is 0 Å². The molecule has 0 amide bonds. The van der Waals surface area contributed by atoms with Gasteiger partial charge >= 0.3 is 0 Å². The normalized spacial score (nSPS) is 12.2. The van der Waals surface area contributed by atoms with Gasteiger partial charge in [-0.15, -0.1) is 0 Å². The van der Waals surface area contributed by atoms with Crippen LogP contribution in [0, 0.1) is 0 Å². The van der Waals surface area contributed by atoms with Crippen molar-refractivity contribution in [1.29, 1.82) is 0 Å². The highest BCUT2D eigenvalue weighted by Gasteiger charge is 2.08. The third-order valence-corrected chi connectivity index (χ3v) is 2.71. The first-order valence-corrected chi connectivity index (χ1v) is 6.33. The molecule has 1 atom stereocenters. The van der Waals surface area contributed by atoms with Gasteiger partial charge in [0.25, 0.3) is 0 Å². The lowest BCUT2D eigenvalue weighted by atomic mass is 10.2. The highest BCUT2D eigenvalue weighted by atomic mass is 16.5. The van der Waals surface area contributed by atoms with Gasteiger partial charge in [-0.3, -0.25) is 0 Å². The molecular formula is C14H24NO3+. The number of hydrogen-bond donors (Lipinski definition) is 1. The molecule has 0 aliphatic carbocycles. The molecule has 102 valence electrons. The molecule has 0 aromatic heterocycles. The maximum Gasteiger partial charge on any atom is 0.161 e. The van der Waals surface area contributed by atoms with Gasteiger partial charge in [0.15, 0.2) is 11.5 Å². The minimum Gasteiger partial charge on any atom is -0.493 e. The van der Waals surface area contributed by atoms with E-state index in [2.05, 4.69) is 18.3 Å². The molecule has 2 N–H and O–H groups in total. The van der Waals surface area contributed by atoms with Gasteiger partial charge in [-0.25, -0.2) is 0 Å². The van der Waals surface area contributed by atoms with Crippen LogP contribution >= 0.6 is 0 Å². The summed E-state index contributed by atoms with van der Waals surface area (Å²) in [5.41, 5.74) is 1.22. The number of benzene rings is 1. The molecule has 18 heavy (non-hydrogen) atoms. The first-order valence-electron chi connectivity index (χ1n) is 6.33. The third kappa shape index (κ3) is 4.55. The van der Waals surface area contributed by atoms with E-state index in [9.17, 15) is 0 Å². The second-order valence-electron chi connectivity index (χ2n) is 4.29. The van der Waals surface area contributed by atoms with Crippen molar-refractivity contribution in [3.05, 3.63) is 23.8 Å². The largest absolute Gasteiger partial charge is 0.493 e. The summed E-state index contributed by atoms with van der Waals surface area (Å²) in [6.45, 7) is 6.43. The van der Waals surface area contributed by atoms with Gasteiger partial charge in [-0.05, 0) is 32.0 Å². The van der Waals surface area contributed by atoms with Crippen LogP contribution in [0.1, 0.15) is 19.4 Å². The lowest BCUT2D eigenvalue weighted by Crippen LogP contribution is -2.88. The van der Waals surface area contributed by atoms with Gasteiger partial charge in [0, 0.05) is 12.7 Å². The minimum atomic E-state index is 0.452. The number of nitrogens with two attached hydrogens (primary N) is 1. The van der Waals surface area contributed by atoms with Crippen molar-refractivity contribution in [1.82, 2.24) is 0 Å². The van der Waals surface area contributed by atoms with Gasteiger partial charge in [-0.2, -0.15) is 0 Å². The Balaban J connectivity index is 2.63. The maximum atomic E-state index is 5.56. The predicted octanol–water partition coefficient (Wildman–Crippen LogP) is 1.19. The van der Waals surface area contributed by atoms with E-state index in [4.69, 9.17) is 14.2 Å². The Hall–Kier alpha value is -1.26. The monoisotopic (exact) mass is 254 g/mol. The molecule has 0 bridgehead atoms. The molecule has 4 heteroatoms. The van der Waals surface area contributed by atoms with Gasteiger partial charge in [0.05, 0.1) is 20.3 Å². The quantitative estimate of drug-likeness (QED) is 0.758. The molecule has 0 radical (unpaired) electrons. The molecular weight excluding hydrogens is 230 g/mol. The van der Waals surface area contributed by atoms with Crippen molar-refractivity contribution in [2.24, 2.45) is 0 Å². The Kier molecular flexibility index (Phi) is 6.54. The highest BCUT2D eigenvalue weighted by Crippen LogP contribution is 2.27. The molecule has 0 aliphatic heterocycles. The fraction of sp³-hybridized carbons (Fsp3) is 0.571. The molecule has 0 fully saturated rings.